The van der Waals surface area contributed by atoms with Crippen molar-refractivity contribution < 1.29 is 4.74 Å². The van der Waals surface area contributed by atoms with Gasteiger partial charge >= 0.3 is 0 Å². The Morgan fingerprint density at radius 1 is 1.60 bits per heavy atom. The average Bonchev–Trinajstić information content (AvgIpc) is 1.78. The lowest BCUT2D eigenvalue weighted by Crippen LogP contribution is -2.45. The molecule has 0 aromatic carbocycles. The summed E-state index contributed by atoms with van der Waals surface area (Å²) in [5, 5.41) is 0. The molecule has 2 nitrogen and oxygen atoms in total. The molecule has 1 saturated heterocycles. The topological polar surface area (TPSA) is 35.2 Å². The Balaban J connectivity index is 2.33. The highest BCUT2D eigenvalue weighted by Gasteiger charge is 2.36. The summed E-state index contributed by atoms with van der Waals surface area (Å²) in [6.07, 6.45) is 2.32. The maximum atomic E-state index is 5.71. The minimum absolute atomic E-state index is 0.323. The van der Waals surface area contributed by atoms with E-state index in [1.807, 2.05) is 0 Å². The molecule has 1 aliphatic heterocycles. The fraction of sp³-hybridized carbons (Fsp3) is 1.00. The van der Waals surface area contributed by atoms with E-state index in [-0.39, 0.29) is 0 Å². The van der Waals surface area contributed by atoms with Gasteiger partial charge in [-0.1, -0.05) is 6.92 Å². The molecule has 2 heteroatoms. The third kappa shape index (κ3) is 1.50. The van der Waals surface area contributed by atoms with E-state index in [0.29, 0.717) is 11.5 Å². The van der Waals surface area contributed by atoms with E-state index in [2.05, 4.69) is 13.8 Å². The summed E-state index contributed by atoms with van der Waals surface area (Å²) in [6.45, 7) is 6.12. The van der Waals surface area contributed by atoms with E-state index in [1.165, 1.54) is 6.42 Å². The lowest BCUT2D eigenvalue weighted by molar-refractivity contribution is -0.121. The van der Waals surface area contributed by atoms with E-state index < -0.39 is 0 Å². The van der Waals surface area contributed by atoms with Crippen molar-refractivity contribution in [1.82, 2.24) is 0 Å². The van der Waals surface area contributed by atoms with Crippen LogP contribution in [0.15, 0.2) is 0 Å². The molecule has 0 bridgehead atoms. The standard InChI is InChI=1S/C8H17NO/c1-3-8(4-7(2)9)5-10-6-8/h7H,3-6,9H2,1-2H3/t7-/m0/s1. The average molecular weight is 143 g/mol. The molecular formula is C8H17NO. The maximum Gasteiger partial charge on any atom is 0.0545 e. The van der Waals surface area contributed by atoms with Gasteiger partial charge in [-0.2, -0.15) is 0 Å². The number of hydrogen-bond acceptors (Lipinski definition) is 2. The first-order valence-electron chi connectivity index (χ1n) is 4.02. The second-order valence-electron chi connectivity index (χ2n) is 3.53. The third-order valence-corrected chi connectivity index (χ3v) is 2.32. The number of ether oxygens (including phenoxy) is 1. The van der Waals surface area contributed by atoms with Gasteiger partial charge in [0.15, 0.2) is 0 Å². The van der Waals surface area contributed by atoms with Gasteiger partial charge in [-0.15, -0.1) is 0 Å². The zero-order valence-electron chi connectivity index (χ0n) is 6.89. The molecule has 1 atom stereocenters. The number of nitrogens with two attached hydrogens (primary N) is 1. The van der Waals surface area contributed by atoms with Crippen LogP contribution in [0.2, 0.25) is 0 Å². The van der Waals surface area contributed by atoms with Gasteiger partial charge in [0.25, 0.3) is 0 Å². The van der Waals surface area contributed by atoms with Crippen LogP contribution in [0, 0.1) is 5.41 Å². The lowest BCUT2D eigenvalue weighted by atomic mass is 9.78. The smallest absolute Gasteiger partial charge is 0.0545 e. The van der Waals surface area contributed by atoms with Crippen LogP contribution in [-0.4, -0.2) is 19.3 Å². The van der Waals surface area contributed by atoms with Crippen LogP contribution in [-0.2, 0) is 4.74 Å². The molecule has 10 heavy (non-hydrogen) atoms. The zero-order valence-corrected chi connectivity index (χ0v) is 6.89. The van der Waals surface area contributed by atoms with Crippen LogP contribution in [0.4, 0.5) is 0 Å². The molecule has 0 amide bonds. The van der Waals surface area contributed by atoms with Crippen molar-refractivity contribution in [3.63, 3.8) is 0 Å². The van der Waals surface area contributed by atoms with E-state index in [9.17, 15) is 0 Å². The molecular weight excluding hydrogens is 126 g/mol. The van der Waals surface area contributed by atoms with Gasteiger partial charge in [0.05, 0.1) is 13.2 Å². The van der Waals surface area contributed by atoms with Crippen LogP contribution in [0.1, 0.15) is 26.7 Å². The summed E-state index contributed by atoms with van der Waals surface area (Å²) >= 11 is 0. The zero-order chi connectivity index (χ0) is 7.61. The van der Waals surface area contributed by atoms with E-state index in [4.69, 9.17) is 10.5 Å². The third-order valence-electron chi connectivity index (χ3n) is 2.32. The predicted molar refractivity (Wildman–Crippen MR) is 41.8 cm³/mol. The molecule has 1 rings (SSSR count). The fourth-order valence-electron chi connectivity index (χ4n) is 1.54. The van der Waals surface area contributed by atoms with Crippen molar-refractivity contribution in [2.75, 3.05) is 13.2 Å². The van der Waals surface area contributed by atoms with Crippen molar-refractivity contribution in [1.29, 1.82) is 0 Å². The van der Waals surface area contributed by atoms with Gasteiger partial charge in [0.2, 0.25) is 0 Å². The van der Waals surface area contributed by atoms with Gasteiger partial charge in [0, 0.05) is 11.5 Å². The first kappa shape index (κ1) is 8.02. The molecule has 0 spiro atoms. The summed E-state index contributed by atoms with van der Waals surface area (Å²) in [4.78, 5) is 0. The van der Waals surface area contributed by atoms with Crippen LogP contribution >= 0.6 is 0 Å². The monoisotopic (exact) mass is 143 g/mol. The normalized spacial score (nSPS) is 25.5. The van der Waals surface area contributed by atoms with Crippen molar-refractivity contribution in [2.24, 2.45) is 11.1 Å². The van der Waals surface area contributed by atoms with E-state index >= 15 is 0 Å². The molecule has 1 fully saturated rings. The molecule has 60 valence electrons. The molecule has 0 aromatic heterocycles. The number of rotatable bonds is 3. The molecule has 2 N–H and O–H groups in total. The first-order valence-corrected chi connectivity index (χ1v) is 4.02. The molecule has 0 aliphatic carbocycles. The Kier molecular flexibility index (Phi) is 2.32. The van der Waals surface area contributed by atoms with Crippen molar-refractivity contribution in [2.45, 2.75) is 32.7 Å². The predicted octanol–water partition coefficient (Wildman–Crippen LogP) is 1.15. The van der Waals surface area contributed by atoms with Gasteiger partial charge < -0.3 is 10.5 Å². The highest BCUT2D eigenvalue weighted by atomic mass is 16.5. The molecule has 0 radical (unpaired) electrons. The largest absolute Gasteiger partial charge is 0.380 e. The molecule has 0 unspecified atom stereocenters. The maximum absolute atomic E-state index is 5.71. The molecule has 1 heterocycles. The second kappa shape index (κ2) is 2.89. The Hall–Kier alpha value is -0.0800. The Morgan fingerprint density at radius 3 is 2.30 bits per heavy atom. The van der Waals surface area contributed by atoms with Crippen LogP contribution in [0.3, 0.4) is 0 Å². The fourth-order valence-corrected chi connectivity index (χ4v) is 1.54. The summed E-state index contributed by atoms with van der Waals surface area (Å²) < 4.78 is 5.17. The Bertz CT molecular complexity index is 102. The van der Waals surface area contributed by atoms with Gasteiger partial charge in [-0.25, -0.2) is 0 Å². The van der Waals surface area contributed by atoms with Crippen LogP contribution < -0.4 is 5.73 Å². The van der Waals surface area contributed by atoms with Crippen molar-refractivity contribution in [3.8, 4) is 0 Å². The SMILES string of the molecule is CCC1(C[C@H](C)N)COC1. The Morgan fingerprint density at radius 2 is 2.20 bits per heavy atom. The van der Waals surface area contributed by atoms with Crippen LogP contribution in [0.5, 0.6) is 0 Å². The minimum atomic E-state index is 0.323. The summed E-state index contributed by atoms with van der Waals surface area (Å²) in [6, 6.07) is 0.323. The quantitative estimate of drug-likeness (QED) is 0.643. The minimum Gasteiger partial charge on any atom is -0.380 e. The Labute approximate surface area is 62.7 Å². The van der Waals surface area contributed by atoms with Crippen molar-refractivity contribution in [3.05, 3.63) is 0 Å². The molecule has 0 aromatic rings. The van der Waals surface area contributed by atoms with E-state index in [1.54, 1.807) is 0 Å². The lowest BCUT2D eigenvalue weighted by Gasteiger charge is -2.42. The van der Waals surface area contributed by atoms with Gasteiger partial charge in [0.1, 0.15) is 0 Å². The first-order chi connectivity index (χ1) is 4.68. The second-order valence-corrected chi connectivity index (χ2v) is 3.53. The van der Waals surface area contributed by atoms with Crippen molar-refractivity contribution >= 4 is 0 Å². The summed E-state index contributed by atoms with van der Waals surface area (Å²) in [5.41, 5.74) is 6.15. The number of hydrogen-bond donors (Lipinski definition) is 1. The summed E-state index contributed by atoms with van der Waals surface area (Å²) in [5.74, 6) is 0. The van der Waals surface area contributed by atoms with E-state index in [0.717, 1.165) is 19.6 Å². The summed E-state index contributed by atoms with van der Waals surface area (Å²) in [7, 11) is 0. The van der Waals surface area contributed by atoms with Gasteiger partial charge in [-0.05, 0) is 19.8 Å². The van der Waals surface area contributed by atoms with Crippen LogP contribution in [0.25, 0.3) is 0 Å². The van der Waals surface area contributed by atoms with Gasteiger partial charge in [-0.3, -0.25) is 0 Å². The highest BCUT2D eigenvalue weighted by molar-refractivity contribution is 4.86. The highest BCUT2D eigenvalue weighted by Crippen LogP contribution is 2.35. The molecule has 1 aliphatic rings. The molecule has 0 saturated carbocycles.